The summed E-state index contributed by atoms with van der Waals surface area (Å²) in [7, 11) is 1.57. The van der Waals surface area contributed by atoms with Gasteiger partial charge in [0.2, 0.25) is 5.91 Å². The fraction of sp³-hybridized carbons (Fsp3) is 0.500. The summed E-state index contributed by atoms with van der Waals surface area (Å²) in [5.41, 5.74) is 1.20. The molecule has 0 radical (unpaired) electrons. The van der Waals surface area contributed by atoms with Crippen molar-refractivity contribution in [3.8, 4) is 0 Å². The molecule has 0 aliphatic heterocycles. The lowest BCUT2D eigenvalue weighted by Crippen LogP contribution is -2.32. The summed E-state index contributed by atoms with van der Waals surface area (Å²) < 4.78 is 4.83. The maximum Gasteiger partial charge on any atom is 0.254 e. The van der Waals surface area contributed by atoms with Crippen LogP contribution in [0.3, 0.4) is 0 Å². The molecule has 0 unspecified atom stereocenters. The van der Waals surface area contributed by atoms with Gasteiger partial charge in [-0.3, -0.25) is 14.6 Å². The Bertz CT molecular complexity index is 465. The van der Waals surface area contributed by atoms with Crippen molar-refractivity contribution in [1.82, 2.24) is 15.6 Å². The Morgan fingerprint density at radius 3 is 2.81 bits per heavy atom. The van der Waals surface area contributed by atoms with E-state index in [1.807, 2.05) is 6.92 Å². The van der Waals surface area contributed by atoms with E-state index in [1.165, 1.54) is 6.20 Å². The normalized spacial score (nSPS) is 10.0. The van der Waals surface area contributed by atoms with Crippen LogP contribution in [0, 0.1) is 0 Å². The van der Waals surface area contributed by atoms with E-state index in [1.54, 1.807) is 19.4 Å². The summed E-state index contributed by atoms with van der Waals surface area (Å²) in [5.74, 6) is -0.366. The molecule has 0 fully saturated rings. The number of anilines is 1. The molecule has 0 aliphatic carbocycles. The highest BCUT2D eigenvalue weighted by molar-refractivity contribution is 5.99. The van der Waals surface area contributed by atoms with Crippen molar-refractivity contribution in [2.75, 3.05) is 38.7 Å². The van der Waals surface area contributed by atoms with Crippen LogP contribution in [0.1, 0.15) is 23.7 Å². The molecule has 2 amide bonds. The molecular weight excluding hydrogens is 272 g/mol. The minimum atomic E-state index is -0.247. The van der Waals surface area contributed by atoms with E-state index in [0.717, 1.165) is 5.69 Å². The molecule has 7 nitrogen and oxygen atoms in total. The third-order valence-electron chi connectivity index (χ3n) is 2.70. The number of ether oxygens (including phenoxy) is 1. The number of carbonyl (C=O) groups is 2. The number of carbonyl (C=O) groups excluding carboxylic acids is 2. The van der Waals surface area contributed by atoms with Crippen LogP contribution < -0.4 is 16.0 Å². The lowest BCUT2D eigenvalue weighted by atomic mass is 10.2. The maximum absolute atomic E-state index is 12.0. The van der Waals surface area contributed by atoms with Crippen molar-refractivity contribution in [2.24, 2.45) is 0 Å². The van der Waals surface area contributed by atoms with Gasteiger partial charge in [-0.1, -0.05) is 0 Å². The van der Waals surface area contributed by atoms with Crippen molar-refractivity contribution >= 4 is 17.5 Å². The van der Waals surface area contributed by atoms with Crippen LogP contribution in [0.4, 0.5) is 5.69 Å². The zero-order chi connectivity index (χ0) is 15.5. The fourth-order valence-electron chi connectivity index (χ4n) is 1.69. The molecule has 7 heteroatoms. The smallest absolute Gasteiger partial charge is 0.254 e. The summed E-state index contributed by atoms with van der Waals surface area (Å²) in [4.78, 5) is 27.4. The van der Waals surface area contributed by atoms with Gasteiger partial charge in [0.15, 0.2) is 0 Å². The highest BCUT2D eigenvalue weighted by Crippen LogP contribution is 2.12. The highest BCUT2D eigenvalue weighted by atomic mass is 16.5. The predicted molar refractivity (Wildman–Crippen MR) is 80.2 cm³/mol. The average molecular weight is 294 g/mol. The lowest BCUT2D eigenvalue weighted by Gasteiger charge is -2.10. The Hall–Kier alpha value is -2.15. The molecular formula is C14H22N4O3. The lowest BCUT2D eigenvalue weighted by molar-refractivity contribution is -0.121. The molecule has 0 atom stereocenters. The van der Waals surface area contributed by atoms with Crippen LogP contribution in [0.25, 0.3) is 0 Å². The number of nitrogens with zero attached hydrogens (tertiary/aromatic N) is 1. The van der Waals surface area contributed by atoms with Crippen LogP contribution in [-0.2, 0) is 9.53 Å². The summed E-state index contributed by atoms with van der Waals surface area (Å²) in [5, 5.41) is 8.49. The molecule has 0 bridgehead atoms. The van der Waals surface area contributed by atoms with Crippen LogP contribution in [-0.4, -0.2) is 50.1 Å². The Kier molecular flexibility index (Phi) is 7.81. The van der Waals surface area contributed by atoms with E-state index in [-0.39, 0.29) is 24.8 Å². The molecule has 0 saturated carbocycles. The maximum atomic E-state index is 12.0. The number of aromatic nitrogens is 1. The van der Waals surface area contributed by atoms with E-state index >= 15 is 0 Å². The molecule has 1 heterocycles. The molecule has 0 saturated heterocycles. The second kappa shape index (κ2) is 9.71. The van der Waals surface area contributed by atoms with E-state index < -0.39 is 0 Å². The average Bonchev–Trinajstić information content (AvgIpc) is 2.48. The van der Waals surface area contributed by atoms with Crippen LogP contribution in [0.5, 0.6) is 0 Å². The van der Waals surface area contributed by atoms with Crippen molar-refractivity contribution in [3.05, 3.63) is 24.0 Å². The second-order valence-electron chi connectivity index (χ2n) is 4.30. The van der Waals surface area contributed by atoms with Crippen LogP contribution in [0.2, 0.25) is 0 Å². The number of rotatable bonds is 9. The van der Waals surface area contributed by atoms with Gasteiger partial charge in [0, 0.05) is 45.6 Å². The summed E-state index contributed by atoms with van der Waals surface area (Å²) in [6.45, 7) is 3.88. The zero-order valence-corrected chi connectivity index (χ0v) is 12.4. The monoisotopic (exact) mass is 294 g/mol. The number of hydrogen-bond donors (Lipinski definition) is 3. The molecule has 1 aromatic heterocycles. The van der Waals surface area contributed by atoms with Gasteiger partial charge in [0.25, 0.3) is 5.91 Å². The largest absolute Gasteiger partial charge is 0.385 e. The molecule has 116 valence electrons. The first-order valence-corrected chi connectivity index (χ1v) is 6.90. The number of hydrogen-bond acceptors (Lipinski definition) is 5. The Morgan fingerprint density at radius 1 is 1.29 bits per heavy atom. The molecule has 1 rings (SSSR count). The van der Waals surface area contributed by atoms with Gasteiger partial charge in [-0.2, -0.15) is 0 Å². The van der Waals surface area contributed by atoms with Gasteiger partial charge in [0.1, 0.15) is 0 Å². The van der Waals surface area contributed by atoms with E-state index in [2.05, 4.69) is 20.9 Å². The molecule has 0 aromatic carbocycles. The second-order valence-corrected chi connectivity index (χ2v) is 4.30. The first-order chi connectivity index (χ1) is 10.2. The number of nitrogens with one attached hydrogen (secondary N) is 3. The topological polar surface area (TPSA) is 92.4 Å². The van der Waals surface area contributed by atoms with Crippen molar-refractivity contribution in [3.63, 3.8) is 0 Å². The van der Waals surface area contributed by atoms with Gasteiger partial charge in [-0.15, -0.1) is 0 Å². The van der Waals surface area contributed by atoms with Crippen molar-refractivity contribution in [1.29, 1.82) is 0 Å². The van der Waals surface area contributed by atoms with Gasteiger partial charge >= 0.3 is 0 Å². The first kappa shape index (κ1) is 16.9. The predicted octanol–water partition coefficient (Wildman–Crippen LogP) is 0.396. The third-order valence-corrected chi connectivity index (χ3v) is 2.70. The van der Waals surface area contributed by atoms with E-state index in [9.17, 15) is 9.59 Å². The standard InChI is InChI=1S/C14H22N4O3/c1-3-16-12-4-6-15-10-11(12)14(20)18-7-5-13(19)17-8-9-21-2/h4,6,10H,3,5,7-9H2,1-2H3,(H,15,16)(H,17,19)(H,18,20). The summed E-state index contributed by atoms with van der Waals surface area (Å²) in [6.07, 6.45) is 3.36. The molecule has 0 aliphatic rings. The van der Waals surface area contributed by atoms with Gasteiger partial charge < -0.3 is 20.7 Å². The minimum absolute atomic E-state index is 0.120. The minimum Gasteiger partial charge on any atom is -0.385 e. The zero-order valence-electron chi connectivity index (χ0n) is 12.4. The summed E-state index contributed by atoms with van der Waals surface area (Å²) in [6, 6.07) is 1.75. The Labute approximate surface area is 124 Å². The number of amides is 2. The molecule has 3 N–H and O–H groups in total. The number of pyridine rings is 1. The van der Waals surface area contributed by atoms with Crippen LogP contribution in [0.15, 0.2) is 18.5 Å². The Balaban J connectivity index is 2.38. The molecule has 0 spiro atoms. The first-order valence-electron chi connectivity index (χ1n) is 6.90. The third kappa shape index (κ3) is 6.22. The SMILES string of the molecule is CCNc1ccncc1C(=O)NCCC(=O)NCCOC. The van der Waals surface area contributed by atoms with E-state index in [4.69, 9.17) is 4.74 Å². The molecule has 21 heavy (non-hydrogen) atoms. The van der Waals surface area contributed by atoms with Gasteiger partial charge in [0.05, 0.1) is 17.9 Å². The molecule has 1 aromatic rings. The Morgan fingerprint density at radius 2 is 2.10 bits per heavy atom. The van der Waals surface area contributed by atoms with E-state index in [0.29, 0.717) is 25.3 Å². The van der Waals surface area contributed by atoms with Gasteiger partial charge in [-0.05, 0) is 13.0 Å². The summed E-state index contributed by atoms with van der Waals surface area (Å²) >= 11 is 0. The van der Waals surface area contributed by atoms with Crippen molar-refractivity contribution < 1.29 is 14.3 Å². The fourth-order valence-corrected chi connectivity index (χ4v) is 1.69. The quantitative estimate of drug-likeness (QED) is 0.573. The van der Waals surface area contributed by atoms with Crippen LogP contribution >= 0.6 is 0 Å². The highest BCUT2D eigenvalue weighted by Gasteiger charge is 2.11. The number of methoxy groups -OCH3 is 1. The van der Waals surface area contributed by atoms with Gasteiger partial charge in [-0.25, -0.2) is 0 Å². The van der Waals surface area contributed by atoms with Crippen molar-refractivity contribution in [2.45, 2.75) is 13.3 Å².